The van der Waals surface area contributed by atoms with Crippen LogP contribution in [-0.2, 0) is 19.4 Å². The molecule has 0 radical (unpaired) electrons. The summed E-state index contributed by atoms with van der Waals surface area (Å²) in [7, 11) is 2.18. The zero-order valence-electron chi connectivity index (χ0n) is 24.6. The number of hydrogen-bond acceptors (Lipinski definition) is 8. The van der Waals surface area contributed by atoms with E-state index in [1.807, 2.05) is 0 Å². The number of likely N-dealkylation sites (tertiary alicyclic amines) is 1. The van der Waals surface area contributed by atoms with Gasteiger partial charge in [0.1, 0.15) is 5.82 Å². The van der Waals surface area contributed by atoms with E-state index in [0.717, 1.165) is 76.8 Å². The summed E-state index contributed by atoms with van der Waals surface area (Å²) in [5, 5.41) is 3.53. The van der Waals surface area contributed by atoms with Crippen LogP contribution in [-0.4, -0.2) is 89.4 Å². The van der Waals surface area contributed by atoms with Crippen LogP contribution in [0.5, 0.6) is 0 Å². The van der Waals surface area contributed by atoms with Gasteiger partial charge in [0.25, 0.3) is 0 Å². The molecular weight excluding hydrogens is 656 g/mol. The van der Waals surface area contributed by atoms with Gasteiger partial charge in [-0.05, 0) is 7.05 Å². The molecule has 216 valence electrons. The molecule has 0 bridgehead atoms. The van der Waals surface area contributed by atoms with E-state index in [1.165, 1.54) is 41.9 Å². The number of nitrogens with two attached hydrogens (primary N) is 1. The Morgan fingerprint density at radius 2 is 1.72 bits per heavy atom. The number of piperazine rings is 1. The first-order valence-corrected chi connectivity index (χ1v) is 16.1. The average Bonchev–Trinajstić information content (AvgIpc) is 2.94. The summed E-state index contributed by atoms with van der Waals surface area (Å²) in [5.41, 5.74) is 7.78. The molecular formula is C30H50N8W. The fourth-order valence-corrected chi connectivity index (χ4v) is 6.87. The number of nitrogens with one attached hydrogen (secondary N) is 1. The molecule has 0 aliphatic carbocycles. The van der Waals surface area contributed by atoms with Gasteiger partial charge < -0.3 is 15.5 Å². The van der Waals surface area contributed by atoms with E-state index in [4.69, 9.17) is 10.7 Å². The monoisotopic (exact) mass is 706 g/mol. The summed E-state index contributed by atoms with van der Waals surface area (Å²) in [4.78, 5) is 19.1. The minimum atomic E-state index is 0.373. The predicted octanol–water partition coefficient (Wildman–Crippen LogP) is 3.68. The van der Waals surface area contributed by atoms with E-state index in [2.05, 4.69) is 95.2 Å². The SMILES string of the molecule is C=C.CCN[C](=[W])N1CCC(C2=C/C(C)CN(c3cc(N4CCN(C)CC4)nc(N)n3)C(C)CC/C=C\2)CC1. The van der Waals surface area contributed by atoms with Crippen LogP contribution in [0.1, 0.15) is 46.5 Å². The number of likely N-dealkylation sites (N-methyl/N-ethyl adjacent to an activating group) is 1. The molecule has 0 saturated carbocycles. The zero-order valence-corrected chi connectivity index (χ0v) is 27.5. The van der Waals surface area contributed by atoms with Gasteiger partial charge in [0.2, 0.25) is 5.95 Å². The number of allylic oxidation sites excluding steroid dienone is 3. The van der Waals surface area contributed by atoms with Gasteiger partial charge >= 0.3 is 170 Å². The van der Waals surface area contributed by atoms with E-state index in [-0.39, 0.29) is 0 Å². The fraction of sp³-hybridized carbons (Fsp3) is 0.633. The Balaban J connectivity index is 0.00000205. The third kappa shape index (κ3) is 9.07. The van der Waals surface area contributed by atoms with Crippen molar-refractivity contribution in [1.82, 2.24) is 25.1 Å². The van der Waals surface area contributed by atoms with E-state index in [0.29, 0.717) is 23.8 Å². The second kappa shape index (κ2) is 15.8. The Bertz CT molecular complexity index is 979. The summed E-state index contributed by atoms with van der Waals surface area (Å²) in [6.45, 7) is 21.1. The molecule has 4 heterocycles. The number of anilines is 3. The summed E-state index contributed by atoms with van der Waals surface area (Å²) in [6.07, 6.45) is 12.0. The first-order valence-electron chi connectivity index (χ1n) is 14.6. The van der Waals surface area contributed by atoms with Crippen molar-refractivity contribution in [3.05, 3.63) is 43.0 Å². The van der Waals surface area contributed by atoms with Gasteiger partial charge in [0.05, 0.1) is 0 Å². The Labute approximate surface area is 247 Å². The minimum absolute atomic E-state index is 0.373. The number of aromatic nitrogens is 2. The molecule has 2 atom stereocenters. The van der Waals surface area contributed by atoms with E-state index in [1.54, 1.807) is 0 Å². The van der Waals surface area contributed by atoms with E-state index >= 15 is 0 Å². The maximum absolute atomic E-state index is 6.26. The van der Waals surface area contributed by atoms with Crippen LogP contribution in [0.3, 0.4) is 0 Å². The van der Waals surface area contributed by atoms with Crippen molar-refractivity contribution in [2.24, 2.45) is 11.8 Å². The number of rotatable bonds is 6. The normalized spacial score (nSPS) is 26.2. The van der Waals surface area contributed by atoms with Crippen molar-refractivity contribution in [3.8, 4) is 0 Å². The molecule has 39 heavy (non-hydrogen) atoms. The van der Waals surface area contributed by atoms with Crippen LogP contribution < -0.4 is 20.9 Å². The molecule has 8 nitrogen and oxygen atoms in total. The van der Waals surface area contributed by atoms with Gasteiger partial charge in [0, 0.05) is 26.2 Å². The fourth-order valence-electron chi connectivity index (χ4n) is 5.69. The standard InChI is InChI=1S/C28H46N8.C2H4.W/c1-5-30-21-34-12-10-24(11-13-34)25-9-7-6-8-23(3)36(20-22(2)18-25)27-19-26(31-28(29)32-27)35-16-14-33(4)15-17-35;1-2;/h7,9,18-19,22-24,30H,5-6,8,10-17,20H2,1-4H3,(H2,29,31,32);1-2H2;/b9-7-,25-18+;;. The van der Waals surface area contributed by atoms with Gasteiger partial charge in [-0.15, -0.1) is 13.2 Å². The van der Waals surface area contributed by atoms with Gasteiger partial charge in [-0.1, -0.05) is 0 Å². The molecule has 3 aliphatic heterocycles. The molecule has 1 aromatic heterocycles. The third-order valence-corrected chi connectivity index (χ3v) is 9.42. The second-order valence-corrected chi connectivity index (χ2v) is 12.3. The van der Waals surface area contributed by atoms with Crippen molar-refractivity contribution in [3.63, 3.8) is 0 Å². The first kappa shape index (κ1) is 31.7. The van der Waals surface area contributed by atoms with Crippen LogP contribution in [0.25, 0.3) is 0 Å². The molecule has 2 unspecified atom stereocenters. The molecule has 2 fully saturated rings. The summed E-state index contributed by atoms with van der Waals surface area (Å²) >= 11 is 1.54. The van der Waals surface area contributed by atoms with E-state index < -0.39 is 0 Å². The molecule has 0 aromatic carbocycles. The summed E-state index contributed by atoms with van der Waals surface area (Å²) < 4.78 is 1.40. The molecule has 9 heteroatoms. The van der Waals surface area contributed by atoms with Gasteiger partial charge in [-0.25, -0.2) is 0 Å². The van der Waals surface area contributed by atoms with Crippen LogP contribution in [0.2, 0.25) is 0 Å². The van der Waals surface area contributed by atoms with Crippen molar-refractivity contribution >= 4 is 21.7 Å². The number of hydrogen-bond donors (Lipinski definition) is 2. The van der Waals surface area contributed by atoms with E-state index in [9.17, 15) is 0 Å². The van der Waals surface area contributed by atoms with Gasteiger partial charge in [0.15, 0.2) is 0 Å². The molecule has 4 rings (SSSR count). The van der Waals surface area contributed by atoms with Crippen molar-refractivity contribution in [2.45, 2.75) is 52.5 Å². The number of nitrogens with zero attached hydrogens (tertiary/aromatic N) is 6. The van der Waals surface area contributed by atoms with Crippen molar-refractivity contribution < 1.29 is 19.4 Å². The Hall–Kier alpha value is -1.86. The van der Waals surface area contributed by atoms with Crippen molar-refractivity contribution in [1.29, 1.82) is 0 Å². The average molecular weight is 707 g/mol. The van der Waals surface area contributed by atoms with Gasteiger partial charge in [-0.3, -0.25) is 0 Å². The Kier molecular flexibility index (Phi) is 12.8. The van der Waals surface area contributed by atoms with Gasteiger partial charge in [-0.2, -0.15) is 4.98 Å². The maximum atomic E-state index is 6.26. The molecule has 0 amide bonds. The Morgan fingerprint density at radius 1 is 1.05 bits per heavy atom. The van der Waals surface area contributed by atoms with Crippen LogP contribution in [0.4, 0.5) is 17.6 Å². The summed E-state index contributed by atoms with van der Waals surface area (Å²) in [5.74, 6) is 3.36. The zero-order chi connectivity index (χ0) is 28.4. The van der Waals surface area contributed by atoms with Crippen LogP contribution in [0, 0.1) is 11.8 Å². The quantitative estimate of drug-likeness (QED) is 0.435. The Morgan fingerprint density at radius 3 is 2.38 bits per heavy atom. The second-order valence-electron chi connectivity index (χ2n) is 11.0. The molecule has 2 saturated heterocycles. The van der Waals surface area contributed by atoms with Crippen LogP contribution in [0.15, 0.2) is 43.0 Å². The first-order chi connectivity index (χ1) is 18.8. The molecule has 3 N–H and O–H groups in total. The number of piperidine rings is 1. The topological polar surface area (TPSA) is 76.8 Å². The predicted molar refractivity (Wildman–Crippen MR) is 163 cm³/mol. The number of nitrogen functional groups attached to an aromatic ring is 1. The summed E-state index contributed by atoms with van der Waals surface area (Å²) in [6, 6.07) is 2.55. The van der Waals surface area contributed by atoms with Crippen molar-refractivity contribution in [2.75, 3.05) is 74.9 Å². The molecule has 1 aromatic rings. The molecule has 0 spiro atoms. The third-order valence-electron chi connectivity index (χ3n) is 7.97. The van der Waals surface area contributed by atoms with Crippen LogP contribution >= 0.6 is 0 Å². The molecule has 3 aliphatic rings.